The first-order valence-electron chi connectivity index (χ1n) is 9.82. The Kier molecular flexibility index (Phi) is 3.41. The summed E-state index contributed by atoms with van der Waals surface area (Å²) in [6.45, 7) is 1.92. The Hall–Kier alpha value is -3.34. The van der Waals surface area contributed by atoms with Crippen molar-refractivity contribution in [2.24, 2.45) is 0 Å². The maximum atomic E-state index is 6.12. The number of nitrogens with zero attached hydrogens (tertiary/aromatic N) is 3. The molecular formula is C23H20N4O. The molecule has 0 bridgehead atoms. The lowest BCUT2D eigenvalue weighted by atomic mass is 9.93. The highest BCUT2D eigenvalue weighted by molar-refractivity contribution is 6.05. The van der Waals surface area contributed by atoms with Gasteiger partial charge in [-0.2, -0.15) is 0 Å². The Morgan fingerprint density at radius 1 is 0.964 bits per heavy atom. The number of anilines is 1. The Morgan fingerprint density at radius 2 is 1.79 bits per heavy atom. The monoisotopic (exact) mass is 368 g/mol. The fourth-order valence-electron chi connectivity index (χ4n) is 4.45. The van der Waals surface area contributed by atoms with Crippen LogP contribution in [0.2, 0.25) is 0 Å². The number of H-pyrrole nitrogens is 1. The fourth-order valence-corrected chi connectivity index (χ4v) is 4.45. The lowest BCUT2D eigenvalue weighted by Crippen LogP contribution is -2.33. The van der Waals surface area contributed by atoms with Gasteiger partial charge in [0.2, 0.25) is 0 Å². The molecule has 28 heavy (non-hydrogen) atoms. The van der Waals surface area contributed by atoms with E-state index in [0.717, 1.165) is 53.8 Å². The maximum Gasteiger partial charge on any atom is 0.196 e. The van der Waals surface area contributed by atoms with Crippen molar-refractivity contribution in [2.75, 3.05) is 18.0 Å². The maximum absolute atomic E-state index is 6.12. The van der Waals surface area contributed by atoms with E-state index < -0.39 is 0 Å². The van der Waals surface area contributed by atoms with Crippen molar-refractivity contribution >= 4 is 38.8 Å². The van der Waals surface area contributed by atoms with E-state index in [2.05, 4.69) is 56.3 Å². The van der Waals surface area contributed by atoms with Crippen LogP contribution in [0.25, 0.3) is 33.0 Å². The molecule has 6 rings (SSSR count). The zero-order valence-corrected chi connectivity index (χ0v) is 15.4. The molecule has 5 nitrogen and oxygen atoms in total. The van der Waals surface area contributed by atoms with Crippen molar-refractivity contribution in [1.29, 1.82) is 0 Å². The van der Waals surface area contributed by atoms with Gasteiger partial charge >= 0.3 is 0 Å². The van der Waals surface area contributed by atoms with E-state index in [1.54, 1.807) is 6.33 Å². The molecule has 1 aliphatic heterocycles. The minimum absolute atomic E-state index is 0.552. The van der Waals surface area contributed by atoms with Crippen molar-refractivity contribution in [3.63, 3.8) is 0 Å². The van der Waals surface area contributed by atoms with Gasteiger partial charge < -0.3 is 14.3 Å². The Bertz CT molecular complexity index is 1260. The summed E-state index contributed by atoms with van der Waals surface area (Å²) in [6.07, 6.45) is 3.85. The molecule has 4 heterocycles. The average Bonchev–Trinajstić information content (AvgIpc) is 3.35. The van der Waals surface area contributed by atoms with E-state index in [4.69, 9.17) is 4.42 Å². The Labute approximate surface area is 162 Å². The molecule has 1 fully saturated rings. The number of para-hydroxylation sites is 2. The molecule has 5 aromatic rings. The number of nitrogens with one attached hydrogen (secondary N) is 1. The summed E-state index contributed by atoms with van der Waals surface area (Å²) in [5, 5.41) is 2.34. The van der Waals surface area contributed by atoms with E-state index in [1.807, 2.05) is 18.2 Å². The van der Waals surface area contributed by atoms with Gasteiger partial charge in [0.25, 0.3) is 0 Å². The third-order valence-electron chi connectivity index (χ3n) is 5.92. The van der Waals surface area contributed by atoms with Crippen molar-refractivity contribution in [1.82, 2.24) is 15.0 Å². The van der Waals surface area contributed by atoms with Crippen LogP contribution in [0.4, 0.5) is 5.82 Å². The first-order valence-corrected chi connectivity index (χ1v) is 9.82. The molecule has 0 saturated carbocycles. The number of fused-ring (bicyclic) bond motifs is 4. The van der Waals surface area contributed by atoms with Crippen LogP contribution in [0.1, 0.15) is 24.5 Å². The lowest BCUT2D eigenvalue weighted by Gasteiger charge is -2.32. The number of aromatic amines is 1. The summed E-state index contributed by atoms with van der Waals surface area (Å²) in [7, 11) is 0. The van der Waals surface area contributed by atoms with E-state index in [-0.39, 0.29) is 0 Å². The molecule has 0 atom stereocenters. The van der Waals surface area contributed by atoms with E-state index in [9.17, 15) is 0 Å². The summed E-state index contributed by atoms with van der Waals surface area (Å²) >= 11 is 0. The molecule has 0 spiro atoms. The first kappa shape index (κ1) is 15.7. The van der Waals surface area contributed by atoms with E-state index in [0.29, 0.717) is 5.92 Å². The van der Waals surface area contributed by atoms with Gasteiger partial charge in [-0.15, -0.1) is 0 Å². The average molecular weight is 368 g/mol. The number of aromatic nitrogens is 3. The summed E-state index contributed by atoms with van der Waals surface area (Å²) in [5.41, 5.74) is 5.13. The van der Waals surface area contributed by atoms with Crippen molar-refractivity contribution in [3.05, 3.63) is 66.6 Å². The number of furan rings is 1. The smallest absolute Gasteiger partial charge is 0.196 e. The third kappa shape index (κ3) is 2.39. The molecule has 1 saturated heterocycles. The third-order valence-corrected chi connectivity index (χ3v) is 5.92. The first-order chi connectivity index (χ1) is 13.9. The molecule has 0 amide bonds. The second-order valence-corrected chi connectivity index (χ2v) is 7.55. The molecule has 2 aromatic carbocycles. The van der Waals surface area contributed by atoms with E-state index in [1.165, 1.54) is 16.6 Å². The topological polar surface area (TPSA) is 58.0 Å². The summed E-state index contributed by atoms with van der Waals surface area (Å²) in [6, 6.07) is 18.8. The molecule has 0 radical (unpaired) electrons. The molecule has 138 valence electrons. The predicted octanol–water partition coefficient (Wildman–Crippen LogP) is 5.24. The molecule has 5 heteroatoms. The second kappa shape index (κ2) is 6.09. The van der Waals surface area contributed by atoms with Crippen molar-refractivity contribution in [3.8, 4) is 0 Å². The molecule has 1 N–H and O–H groups in total. The van der Waals surface area contributed by atoms with Gasteiger partial charge in [0.15, 0.2) is 11.4 Å². The van der Waals surface area contributed by atoms with Gasteiger partial charge in [-0.1, -0.05) is 30.3 Å². The highest BCUT2D eigenvalue weighted by Crippen LogP contribution is 2.36. The van der Waals surface area contributed by atoms with Crippen LogP contribution in [-0.2, 0) is 0 Å². The standard InChI is InChI=1S/C23H20N4O/c1-3-7-18-16(5-1)13-19(26-18)15-9-11-27(12-10-15)23-22-21(24-14-25-23)17-6-2-4-8-20(17)28-22/h1-8,13-15,26H,9-12H2. The number of rotatable bonds is 2. The highest BCUT2D eigenvalue weighted by atomic mass is 16.3. The molecule has 0 aliphatic carbocycles. The Morgan fingerprint density at radius 3 is 2.68 bits per heavy atom. The van der Waals surface area contributed by atoms with Crippen LogP contribution in [0, 0.1) is 0 Å². The summed E-state index contributed by atoms with van der Waals surface area (Å²) in [5.74, 6) is 1.47. The van der Waals surface area contributed by atoms with Crippen LogP contribution in [-0.4, -0.2) is 28.0 Å². The van der Waals surface area contributed by atoms with Gasteiger partial charge in [-0.3, -0.25) is 0 Å². The van der Waals surface area contributed by atoms with Gasteiger partial charge in [0.05, 0.1) is 0 Å². The molecular weight excluding hydrogens is 348 g/mol. The fraction of sp³-hybridized carbons (Fsp3) is 0.217. The van der Waals surface area contributed by atoms with Gasteiger partial charge in [0, 0.05) is 35.6 Å². The van der Waals surface area contributed by atoms with Crippen LogP contribution in [0.5, 0.6) is 0 Å². The number of hydrogen-bond donors (Lipinski definition) is 1. The van der Waals surface area contributed by atoms with E-state index >= 15 is 0 Å². The van der Waals surface area contributed by atoms with Crippen molar-refractivity contribution in [2.45, 2.75) is 18.8 Å². The zero-order chi connectivity index (χ0) is 18.5. The van der Waals surface area contributed by atoms with Gasteiger partial charge in [-0.05, 0) is 42.5 Å². The second-order valence-electron chi connectivity index (χ2n) is 7.55. The normalized spacial score (nSPS) is 15.8. The Balaban J connectivity index is 1.30. The molecule has 3 aromatic heterocycles. The minimum atomic E-state index is 0.552. The van der Waals surface area contributed by atoms with Gasteiger partial charge in [-0.25, -0.2) is 9.97 Å². The largest absolute Gasteiger partial charge is 0.450 e. The van der Waals surface area contributed by atoms with Crippen LogP contribution in [0.3, 0.4) is 0 Å². The predicted molar refractivity (Wildman–Crippen MR) is 112 cm³/mol. The SMILES string of the molecule is c1ccc2[nH]c(C3CCN(c4ncnc5c4oc4ccccc45)CC3)cc2c1. The van der Waals surface area contributed by atoms with Gasteiger partial charge in [0.1, 0.15) is 17.4 Å². The zero-order valence-electron chi connectivity index (χ0n) is 15.4. The van der Waals surface area contributed by atoms with Crippen molar-refractivity contribution < 1.29 is 4.42 Å². The minimum Gasteiger partial charge on any atom is -0.450 e. The highest BCUT2D eigenvalue weighted by Gasteiger charge is 2.25. The molecule has 0 unspecified atom stereocenters. The summed E-state index contributed by atoms with van der Waals surface area (Å²) < 4.78 is 6.12. The summed E-state index contributed by atoms with van der Waals surface area (Å²) in [4.78, 5) is 15.0. The van der Waals surface area contributed by atoms with Crippen LogP contribution >= 0.6 is 0 Å². The van der Waals surface area contributed by atoms with Crippen LogP contribution < -0.4 is 4.90 Å². The van der Waals surface area contributed by atoms with Crippen LogP contribution in [0.15, 0.2) is 65.3 Å². The number of hydrogen-bond acceptors (Lipinski definition) is 4. The molecule has 1 aliphatic rings. The number of piperidine rings is 1. The number of benzene rings is 2. The lowest BCUT2D eigenvalue weighted by molar-refractivity contribution is 0.494. The quantitative estimate of drug-likeness (QED) is 0.463.